The maximum absolute atomic E-state index is 12.9. The summed E-state index contributed by atoms with van der Waals surface area (Å²) in [6, 6.07) is 7.08. The van der Waals surface area contributed by atoms with Crippen LogP contribution >= 0.6 is 15.9 Å². The lowest BCUT2D eigenvalue weighted by molar-refractivity contribution is -0.138. The van der Waals surface area contributed by atoms with E-state index < -0.39 is 21.8 Å². The van der Waals surface area contributed by atoms with Crippen molar-refractivity contribution in [1.82, 2.24) is 0 Å². The molecule has 2 aromatic rings. The van der Waals surface area contributed by atoms with Crippen molar-refractivity contribution in [3.8, 4) is 0 Å². The third-order valence-electron chi connectivity index (χ3n) is 3.54. The van der Waals surface area contributed by atoms with Crippen LogP contribution in [0, 0.1) is 0 Å². The first-order chi connectivity index (χ1) is 11.6. The molecule has 5 nitrogen and oxygen atoms in total. The first-order valence-electron chi connectivity index (χ1n) is 6.88. The van der Waals surface area contributed by atoms with Gasteiger partial charge in [0.15, 0.2) is 0 Å². The molecule has 0 bridgehead atoms. The molecule has 0 fully saturated rings. The molecule has 10 heteroatoms. The van der Waals surface area contributed by atoms with Gasteiger partial charge in [0, 0.05) is 15.8 Å². The van der Waals surface area contributed by atoms with E-state index in [1.165, 1.54) is 24.3 Å². The van der Waals surface area contributed by atoms with Crippen molar-refractivity contribution >= 4 is 43.2 Å². The summed E-state index contributed by atoms with van der Waals surface area (Å²) in [7, 11) is -4.10. The molecule has 1 amide bonds. The molecule has 1 heterocycles. The normalized spacial score (nSPS) is 14.2. The average molecular weight is 435 g/mol. The fourth-order valence-electron chi connectivity index (χ4n) is 2.39. The zero-order valence-electron chi connectivity index (χ0n) is 12.3. The predicted molar refractivity (Wildman–Crippen MR) is 88.7 cm³/mol. The Morgan fingerprint density at radius 3 is 2.52 bits per heavy atom. The van der Waals surface area contributed by atoms with Gasteiger partial charge in [-0.1, -0.05) is 15.9 Å². The Hall–Kier alpha value is -2.07. The molecule has 2 N–H and O–H groups in total. The summed E-state index contributed by atoms with van der Waals surface area (Å²) in [4.78, 5) is 11.2. The van der Waals surface area contributed by atoms with Crippen LogP contribution in [0.25, 0.3) is 0 Å². The number of carbonyl (C=O) groups is 1. The first kappa shape index (κ1) is 17.7. The average Bonchev–Trinajstić information content (AvgIpc) is 2.87. The Bertz CT molecular complexity index is 974. The summed E-state index contributed by atoms with van der Waals surface area (Å²) in [5.41, 5.74) is -0.173. The molecule has 0 aliphatic carbocycles. The Kier molecular flexibility index (Phi) is 4.28. The van der Waals surface area contributed by atoms with E-state index in [0.717, 1.165) is 6.07 Å². The SMILES string of the molecule is O=C1Cc2cc(S(=O)(=O)Nc3ccc(Br)c(C(F)(F)F)c3)ccc2N1. The molecule has 0 atom stereocenters. The lowest BCUT2D eigenvalue weighted by atomic mass is 10.2. The van der Waals surface area contributed by atoms with Crippen LogP contribution in [0.15, 0.2) is 45.8 Å². The molecule has 1 aliphatic rings. The molecule has 0 aromatic heterocycles. The Balaban J connectivity index is 1.93. The highest BCUT2D eigenvalue weighted by atomic mass is 79.9. The van der Waals surface area contributed by atoms with E-state index in [-0.39, 0.29) is 27.4 Å². The van der Waals surface area contributed by atoms with Gasteiger partial charge in [-0.2, -0.15) is 13.2 Å². The molecule has 2 aromatic carbocycles. The number of alkyl halides is 3. The van der Waals surface area contributed by atoms with Gasteiger partial charge in [-0.25, -0.2) is 8.42 Å². The number of nitrogens with one attached hydrogen (secondary N) is 2. The van der Waals surface area contributed by atoms with E-state index in [2.05, 4.69) is 26.0 Å². The molecule has 25 heavy (non-hydrogen) atoms. The fourth-order valence-corrected chi connectivity index (χ4v) is 3.96. The molecule has 0 spiro atoms. The van der Waals surface area contributed by atoms with Crippen LogP contribution in [0.5, 0.6) is 0 Å². The van der Waals surface area contributed by atoms with Crippen LogP contribution < -0.4 is 10.0 Å². The smallest absolute Gasteiger partial charge is 0.326 e. The second-order valence-electron chi connectivity index (χ2n) is 5.34. The Morgan fingerprint density at radius 2 is 1.84 bits per heavy atom. The number of amides is 1. The van der Waals surface area contributed by atoms with Crippen molar-refractivity contribution in [2.24, 2.45) is 0 Å². The fraction of sp³-hybridized carbons (Fsp3) is 0.133. The molecule has 0 radical (unpaired) electrons. The van der Waals surface area contributed by atoms with E-state index >= 15 is 0 Å². The number of sulfonamides is 1. The van der Waals surface area contributed by atoms with Gasteiger partial charge in [0.25, 0.3) is 10.0 Å². The minimum atomic E-state index is -4.63. The number of halogens is 4. The van der Waals surface area contributed by atoms with E-state index in [1.54, 1.807) is 0 Å². The van der Waals surface area contributed by atoms with Crippen LogP contribution in [-0.2, 0) is 27.4 Å². The summed E-state index contributed by atoms with van der Waals surface area (Å²) in [5, 5.41) is 2.57. The minimum Gasteiger partial charge on any atom is -0.326 e. The van der Waals surface area contributed by atoms with Gasteiger partial charge in [0.1, 0.15) is 0 Å². The standard InChI is InChI=1S/C15H10BrF3N2O3S/c16-12-3-1-9(7-11(12)15(17,18)19)21-25(23,24)10-2-4-13-8(5-10)6-14(22)20-13/h1-5,7,21H,6H2,(H,20,22). The van der Waals surface area contributed by atoms with Gasteiger partial charge in [-0.05, 0) is 42.0 Å². The molecular weight excluding hydrogens is 425 g/mol. The van der Waals surface area contributed by atoms with Crippen molar-refractivity contribution in [1.29, 1.82) is 0 Å². The van der Waals surface area contributed by atoms with Crippen molar-refractivity contribution in [2.75, 3.05) is 10.0 Å². The van der Waals surface area contributed by atoms with Crippen LogP contribution in [0.1, 0.15) is 11.1 Å². The molecule has 1 aliphatic heterocycles. The Labute approximate surface area is 149 Å². The van der Waals surface area contributed by atoms with E-state index in [1.807, 2.05) is 0 Å². The van der Waals surface area contributed by atoms with E-state index in [4.69, 9.17) is 0 Å². The van der Waals surface area contributed by atoms with Gasteiger partial charge in [0.2, 0.25) is 5.91 Å². The maximum atomic E-state index is 12.9. The second-order valence-corrected chi connectivity index (χ2v) is 7.88. The van der Waals surface area contributed by atoms with Gasteiger partial charge >= 0.3 is 6.18 Å². The molecular formula is C15H10BrF3N2O3S. The highest BCUT2D eigenvalue weighted by Crippen LogP contribution is 2.37. The van der Waals surface area contributed by atoms with Crippen LogP contribution in [0.3, 0.4) is 0 Å². The highest BCUT2D eigenvalue weighted by Gasteiger charge is 2.33. The van der Waals surface area contributed by atoms with Crippen molar-refractivity contribution in [2.45, 2.75) is 17.5 Å². The quantitative estimate of drug-likeness (QED) is 0.771. The van der Waals surface area contributed by atoms with Gasteiger partial charge < -0.3 is 5.32 Å². The highest BCUT2D eigenvalue weighted by molar-refractivity contribution is 9.10. The molecule has 132 valence electrons. The van der Waals surface area contributed by atoms with Gasteiger partial charge in [-0.15, -0.1) is 0 Å². The number of benzene rings is 2. The minimum absolute atomic E-state index is 0.0508. The zero-order valence-corrected chi connectivity index (χ0v) is 14.7. The van der Waals surface area contributed by atoms with Crippen molar-refractivity contribution in [3.63, 3.8) is 0 Å². The van der Waals surface area contributed by atoms with Crippen molar-refractivity contribution in [3.05, 3.63) is 52.0 Å². The van der Waals surface area contributed by atoms with E-state index in [9.17, 15) is 26.4 Å². The third kappa shape index (κ3) is 3.64. The van der Waals surface area contributed by atoms with Crippen LogP contribution in [0.2, 0.25) is 0 Å². The Morgan fingerprint density at radius 1 is 1.12 bits per heavy atom. The predicted octanol–water partition coefficient (Wildman–Crippen LogP) is 3.76. The molecule has 0 unspecified atom stereocenters. The summed E-state index contributed by atoms with van der Waals surface area (Å²) in [6.45, 7) is 0. The van der Waals surface area contributed by atoms with Gasteiger partial charge in [0.05, 0.1) is 16.9 Å². The third-order valence-corrected chi connectivity index (χ3v) is 5.61. The first-order valence-corrected chi connectivity index (χ1v) is 9.16. The zero-order chi connectivity index (χ0) is 18.4. The molecule has 3 rings (SSSR count). The van der Waals surface area contributed by atoms with E-state index in [0.29, 0.717) is 17.3 Å². The number of rotatable bonds is 3. The topological polar surface area (TPSA) is 75.3 Å². The lowest BCUT2D eigenvalue weighted by Crippen LogP contribution is -2.14. The number of hydrogen-bond donors (Lipinski definition) is 2. The molecule has 0 saturated heterocycles. The largest absolute Gasteiger partial charge is 0.417 e. The summed E-state index contributed by atoms with van der Waals surface area (Å²) >= 11 is 2.79. The second kappa shape index (κ2) is 6.03. The van der Waals surface area contributed by atoms with Gasteiger partial charge in [-0.3, -0.25) is 9.52 Å². The number of hydrogen-bond acceptors (Lipinski definition) is 3. The summed E-state index contributed by atoms with van der Waals surface area (Å²) in [5.74, 6) is -0.250. The molecule has 0 saturated carbocycles. The summed E-state index contributed by atoms with van der Waals surface area (Å²) in [6.07, 6.45) is -4.57. The maximum Gasteiger partial charge on any atom is 0.417 e. The summed E-state index contributed by atoms with van der Waals surface area (Å²) < 4.78 is 65.5. The van der Waals surface area contributed by atoms with Crippen LogP contribution in [0.4, 0.5) is 24.5 Å². The van der Waals surface area contributed by atoms with Crippen LogP contribution in [-0.4, -0.2) is 14.3 Å². The number of fused-ring (bicyclic) bond motifs is 1. The monoisotopic (exact) mass is 434 g/mol. The lowest BCUT2D eigenvalue weighted by Gasteiger charge is -2.13. The van der Waals surface area contributed by atoms with Crippen molar-refractivity contribution < 1.29 is 26.4 Å². The number of anilines is 2. The number of carbonyl (C=O) groups excluding carboxylic acids is 1.